The Morgan fingerprint density at radius 2 is 1.88 bits per heavy atom. The highest BCUT2D eigenvalue weighted by atomic mass is 16.5. The summed E-state index contributed by atoms with van der Waals surface area (Å²) in [5.74, 6) is 0. The van der Waals surface area contributed by atoms with Crippen LogP contribution in [0.5, 0.6) is 0 Å². The van der Waals surface area contributed by atoms with E-state index < -0.39 is 5.60 Å². The number of hydrogen-bond acceptors (Lipinski definition) is 4. The molecule has 1 aliphatic rings. The van der Waals surface area contributed by atoms with E-state index in [0.29, 0.717) is 32.6 Å². The Balaban J connectivity index is 1.72. The van der Waals surface area contributed by atoms with Crippen LogP contribution >= 0.6 is 0 Å². The van der Waals surface area contributed by atoms with Gasteiger partial charge in [0.25, 0.3) is 0 Å². The molecule has 1 aromatic carbocycles. The second-order valence-corrected chi connectivity index (χ2v) is 6.67. The van der Waals surface area contributed by atoms with E-state index >= 15 is 0 Å². The third-order valence-electron chi connectivity index (χ3n) is 4.61. The fourth-order valence-corrected chi connectivity index (χ4v) is 3.25. The molecule has 5 nitrogen and oxygen atoms in total. The van der Waals surface area contributed by atoms with Gasteiger partial charge in [-0.3, -0.25) is 9.58 Å². The molecule has 0 radical (unpaired) electrons. The molecule has 0 bridgehead atoms. The van der Waals surface area contributed by atoms with E-state index in [4.69, 9.17) is 4.74 Å². The van der Waals surface area contributed by atoms with Crippen LogP contribution in [0.15, 0.2) is 42.7 Å². The van der Waals surface area contributed by atoms with Crippen molar-refractivity contribution in [3.8, 4) is 0 Å². The van der Waals surface area contributed by atoms with Gasteiger partial charge in [-0.15, -0.1) is 0 Å². The molecule has 1 fully saturated rings. The first-order chi connectivity index (χ1) is 11.7. The summed E-state index contributed by atoms with van der Waals surface area (Å²) >= 11 is 0. The minimum atomic E-state index is -0.659. The average Bonchev–Trinajstić information content (AvgIpc) is 3.03. The SMILES string of the molecule is CCn1cc(CN(Cc2ccccc2)CC2(O)CCOCC2)cn1. The molecule has 0 atom stereocenters. The number of benzene rings is 1. The van der Waals surface area contributed by atoms with Crippen molar-refractivity contribution >= 4 is 0 Å². The van der Waals surface area contributed by atoms with Crippen molar-refractivity contribution in [3.05, 3.63) is 53.9 Å². The van der Waals surface area contributed by atoms with Crippen molar-refractivity contribution in [2.24, 2.45) is 0 Å². The number of hydrogen-bond donors (Lipinski definition) is 1. The summed E-state index contributed by atoms with van der Waals surface area (Å²) < 4.78 is 7.35. The molecule has 0 amide bonds. The maximum Gasteiger partial charge on any atom is 0.0818 e. The Labute approximate surface area is 143 Å². The maximum absolute atomic E-state index is 10.9. The molecule has 1 aromatic heterocycles. The number of nitrogens with zero attached hydrogens (tertiary/aromatic N) is 3. The highest BCUT2D eigenvalue weighted by molar-refractivity contribution is 5.15. The normalized spacial score (nSPS) is 17.3. The fourth-order valence-electron chi connectivity index (χ4n) is 3.25. The van der Waals surface area contributed by atoms with Gasteiger partial charge in [-0.05, 0) is 12.5 Å². The van der Waals surface area contributed by atoms with Crippen molar-refractivity contribution in [3.63, 3.8) is 0 Å². The summed E-state index contributed by atoms with van der Waals surface area (Å²) in [6, 6.07) is 10.4. The van der Waals surface area contributed by atoms with Gasteiger partial charge in [0.05, 0.1) is 11.8 Å². The van der Waals surface area contributed by atoms with Crippen molar-refractivity contribution in [2.75, 3.05) is 19.8 Å². The van der Waals surface area contributed by atoms with E-state index in [1.54, 1.807) is 0 Å². The van der Waals surface area contributed by atoms with Crippen molar-refractivity contribution in [1.82, 2.24) is 14.7 Å². The average molecular weight is 329 g/mol. The lowest BCUT2D eigenvalue weighted by Gasteiger charge is -2.37. The lowest BCUT2D eigenvalue weighted by Crippen LogP contribution is -2.46. The number of aliphatic hydroxyl groups is 1. The molecule has 1 saturated heterocycles. The zero-order chi connectivity index (χ0) is 16.8. The monoisotopic (exact) mass is 329 g/mol. The van der Waals surface area contributed by atoms with Gasteiger partial charge < -0.3 is 9.84 Å². The quantitative estimate of drug-likeness (QED) is 0.848. The number of rotatable bonds is 7. The van der Waals surface area contributed by atoms with Crippen LogP contribution in [0.3, 0.4) is 0 Å². The Kier molecular flexibility index (Phi) is 5.66. The van der Waals surface area contributed by atoms with Crippen LogP contribution in [-0.4, -0.2) is 45.1 Å². The molecule has 24 heavy (non-hydrogen) atoms. The van der Waals surface area contributed by atoms with E-state index in [-0.39, 0.29) is 0 Å². The summed E-state index contributed by atoms with van der Waals surface area (Å²) in [7, 11) is 0. The first kappa shape index (κ1) is 17.1. The van der Waals surface area contributed by atoms with Crippen LogP contribution in [0.25, 0.3) is 0 Å². The number of aryl methyl sites for hydroxylation is 1. The van der Waals surface area contributed by atoms with E-state index in [9.17, 15) is 5.11 Å². The van der Waals surface area contributed by atoms with Gasteiger partial charge in [-0.1, -0.05) is 30.3 Å². The smallest absolute Gasteiger partial charge is 0.0818 e. The van der Waals surface area contributed by atoms with Crippen molar-refractivity contribution < 1.29 is 9.84 Å². The summed E-state index contributed by atoms with van der Waals surface area (Å²) in [5.41, 5.74) is 1.79. The van der Waals surface area contributed by atoms with E-state index in [1.807, 2.05) is 16.9 Å². The summed E-state index contributed by atoms with van der Waals surface area (Å²) in [4.78, 5) is 2.32. The predicted molar refractivity (Wildman–Crippen MR) is 93.5 cm³/mol. The zero-order valence-electron chi connectivity index (χ0n) is 14.4. The summed E-state index contributed by atoms with van der Waals surface area (Å²) in [6.07, 6.45) is 5.42. The molecule has 130 valence electrons. The third-order valence-corrected chi connectivity index (χ3v) is 4.61. The molecule has 5 heteroatoms. The van der Waals surface area contributed by atoms with Crippen LogP contribution in [0.4, 0.5) is 0 Å². The van der Waals surface area contributed by atoms with E-state index in [0.717, 1.165) is 19.6 Å². The molecule has 0 saturated carbocycles. The lowest BCUT2D eigenvalue weighted by molar-refractivity contribution is -0.0821. The molecule has 1 N–H and O–H groups in total. The van der Waals surface area contributed by atoms with Crippen LogP contribution in [-0.2, 0) is 24.4 Å². The standard InChI is InChI=1S/C19H27N3O2/c1-2-22-15-18(12-20-22)14-21(13-17-6-4-3-5-7-17)16-19(23)8-10-24-11-9-19/h3-7,12,15,23H,2,8-11,13-14,16H2,1H3. The zero-order valence-corrected chi connectivity index (χ0v) is 14.4. The Morgan fingerprint density at radius 3 is 2.54 bits per heavy atom. The van der Waals surface area contributed by atoms with Crippen molar-refractivity contribution in [1.29, 1.82) is 0 Å². The number of ether oxygens (including phenoxy) is 1. The van der Waals surface area contributed by atoms with Crippen LogP contribution in [0.1, 0.15) is 30.9 Å². The topological polar surface area (TPSA) is 50.5 Å². The molecular weight excluding hydrogens is 302 g/mol. The lowest BCUT2D eigenvalue weighted by atomic mass is 9.93. The molecule has 2 heterocycles. The Hall–Kier alpha value is -1.69. The van der Waals surface area contributed by atoms with Crippen LogP contribution < -0.4 is 0 Å². The molecule has 0 aliphatic carbocycles. The van der Waals surface area contributed by atoms with Gasteiger partial charge in [0, 0.05) is 64.0 Å². The van der Waals surface area contributed by atoms with E-state index in [2.05, 4.69) is 47.4 Å². The minimum absolute atomic E-state index is 0.642. The highest BCUT2D eigenvalue weighted by Crippen LogP contribution is 2.23. The summed E-state index contributed by atoms with van der Waals surface area (Å²) in [5, 5.41) is 15.3. The fraction of sp³-hybridized carbons (Fsp3) is 0.526. The maximum atomic E-state index is 10.9. The Bertz CT molecular complexity index is 621. The molecule has 0 spiro atoms. The molecule has 1 aliphatic heterocycles. The van der Waals surface area contributed by atoms with Crippen molar-refractivity contribution in [2.45, 2.75) is 45.0 Å². The highest BCUT2D eigenvalue weighted by Gasteiger charge is 2.32. The first-order valence-electron chi connectivity index (χ1n) is 8.75. The minimum Gasteiger partial charge on any atom is -0.388 e. The van der Waals surface area contributed by atoms with Gasteiger partial charge in [0.1, 0.15) is 0 Å². The summed E-state index contributed by atoms with van der Waals surface area (Å²) in [6.45, 7) is 6.51. The van der Waals surface area contributed by atoms with Gasteiger partial charge >= 0.3 is 0 Å². The third kappa shape index (κ3) is 4.66. The van der Waals surface area contributed by atoms with Gasteiger partial charge in [-0.25, -0.2) is 0 Å². The molecule has 0 unspecified atom stereocenters. The van der Waals surface area contributed by atoms with Gasteiger partial charge in [0.2, 0.25) is 0 Å². The van der Waals surface area contributed by atoms with E-state index in [1.165, 1.54) is 11.1 Å². The van der Waals surface area contributed by atoms with Gasteiger partial charge in [-0.2, -0.15) is 5.10 Å². The molecule has 3 rings (SSSR count). The largest absolute Gasteiger partial charge is 0.388 e. The van der Waals surface area contributed by atoms with Crippen LogP contribution in [0.2, 0.25) is 0 Å². The predicted octanol–water partition coefficient (Wildman–Crippen LogP) is 2.45. The number of aromatic nitrogens is 2. The second-order valence-electron chi connectivity index (χ2n) is 6.67. The Morgan fingerprint density at radius 1 is 1.17 bits per heavy atom. The van der Waals surface area contributed by atoms with Crippen LogP contribution in [0, 0.1) is 0 Å². The second kappa shape index (κ2) is 7.92. The molecular formula is C19H27N3O2. The van der Waals surface area contributed by atoms with Gasteiger partial charge in [0.15, 0.2) is 0 Å². The first-order valence-corrected chi connectivity index (χ1v) is 8.75. The molecule has 2 aromatic rings.